The van der Waals surface area contributed by atoms with Crippen molar-refractivity contribution in [1.82, 2.24) is 0 Å². The van der Waals surface area contributed by atoms with Gasteiger partial charge in [-0.1, -0.05) is 0 Å². The maximum absolute atomic E-state index is 14.0. The summed E-state index contributed by atoms with van der Waals surface area (Å²) < 4.78 is 43.0. The molecule has 6 heteroatoms. The molecule has 2 aliphatic heterocycles. The monoisotopic (exact) mass is 312 g/mol. The molecule has 0 N–H and O–H groups in total. The van der Waals surface area contributed by atoms with E-state index in [9.17, 15) is 17.6 Å². The van der Waals surface area contributed by atoms with Crippen LogP contribution in [0.1, 0.15) is 36.0 Å². The Morgan fingerprint density at radius 1 is 1.24 bits per heavy atom. The summed E-state index contributed by atoms with van der Waals surface area (Å²) in [7, 11) is -1.63. The Morgan fingerprint density at radius 2 is 1.86 bits per heavy atom. The average Bonchev–Trinajstić information content (AvgIpc) is 2.66. The third-order valence-electron chi connectivity index (χ3n) is 4.65. The summed E-state index contributed by atoms with van der Waals surface area (Å²) in [5.41, 5.74) is 0.0273. The molecule has 2 unspecified atom stereocenters. The molecule has 2 saturated heterocycles. The van der Waals surface area contributed by atoms with Crippen LogP contribution in [0.2, 0.25) is 0 Å². The van der Waals surface area contributed by atoms with Crippen LogP contribution in [0, 0.1) is 11.7 Å². The highest BCUT2D eigenvalue weighted by atomic mass is 32.2. The molecule has 0 radical (unpaired) electrons. The highest BCUT2D eigenvalue weighted by Crippen LogP contribution is 2.42. The quantitative estimate of drug-likeness (QED) is 0.804. The number of benzene rings is 1. The van der Waals surface area contributed by atoms with Gasteiger partial charge in [0.1, 0.15) is 11.6 Å². The van der Waals surface area contributed by atoms with Crippen LogP contribution in [-0.2, 0) is 9.84 Å². The van der Waals surface area contributed by atoms with Gasteiger partial charge in [-0.3, -0.25) is 4.79 Å². The normalized spacial score (nSPS) is 30.1. The number of ketones is 1. The lowest BCUT2D eigenvalue weighted by Crippen LogP contribution is -2.36. The molecule has 2 bridgehead atoms. The predicted molar refractivity (Wildman–Crippen MR) is 75.7 cm³/mol. The Kier molecular flexibility index (Phi) is 3.51. The summed E-state index contributed by atoms with van der Waals surface area (Å²) in [5, 5.41) is -0.849. The van der Waals surface area contributed by atoms with Gasteiger partial charge in [-0.15, -0.1) is 0 Å². The second kappa shape index (κ2) is 5.09. The molecule has 0 aliphatic carbocycles. The minimum Gasteiger partial charge on any atom is -0.497 e. The van der Waals surface area contributed by atoms with E-state index in [4.69, 9.17) is 4.74 Å². The molecule has 1 aromatic carbocycles. The molecule has 4 nitrogen and oxygen atoms in total. The predicted octanol–water partition coefficient (Wildman–Crippen LogP) is 2.37. The molecule has 0 amide bonds. The van der Waals surface area contributed by atoms with E-state index in [1.165, 1.54) is 19.2 Å². The van der Waals surface area contributed by atoms with Gasteiger partial charge in [0.2, 0.25) is 0 Å². The average molecular weight is 312 g/mol. The fourth-order valence-electron chi connectivity index (χ4n) is 3.46. The second-order valence-corrected chi connectivity index (χ2v) is 8.30. The second-order valence-electron chi connectivity index (χ2n) is 5.79. The highest BCUT2D eigenvalue weighted by Gasteiger charge is 2.48. The number of fused-ring (bicyclic) bond motifs is 2. The number of rotatable bonds is 3. The molecule has 1 aromatic rings. The molecular weight excluding hydrogens is 295 g/mol. The lowest BCUT2D eigenvalue weighted by Gasteiger charge is -2.27. The SMILES string of the molecule is COc1ccc(C(=O)C2CC3CCC(C2)S3(=O)=O)c(F)c1. The number of carbonyl (C=O) groups excluding carboxylic acids is 1. The van der Waals surface area contributed by atoms with Crippen molar-refractivity contribution >= 4 is 15.6 Å². The summed E-state index contributed by atoms with van der Waals surface area (Å²) in [4.78, 5) is 12.5. The van der Waals surface area contributed by atoms with Crippen molar-refractivity contribution in [2.24, 2.45) is 5.92 Å². The number of hydrogen-bond donors (Lipinski definition) is 0. The van der Waals surface area contributed by atoms with Crippen LogP contribution >= 0.6 is 0 Å². The molecule has 2 fully saturated rings. The van der Waals surface area contributed by atoms with Gasteiger partial charge in [0.25, 0.3) is 0 Å². The number of sulfone groups is 1. The van der Waals surface area contributed by atoms with Crippen molar-refractivity contribution in [3.8, 4) is 5.75 Å². The number of ether oxygens (including phenoxy) is 1. The van der Waals surface area contributed by atoms with Crippen molar-refractivity contribution in [3.05, 3.63) is 29.6 Å². The summed E-state index contributed by atoms with van der Waals surface area (Å²) in [6.45, 7) is 0. The zero-order chi connectivity index (χ0) is 15.2. The Balaban J connectivity index is 1.84. The van der Waals surface area contributed by atoms with Crippen LogP contribution in [-0.4, -0.2) is 31.8 Å². The zero-order valence-corrected chi connectivity index (χ0v) is 12.5. The van der Waals surface area contributed by atoms with E-state index in [2.05, 4.69) is 0 Å². The summed E-state index contributed by atoms with van der Waals surface area (Å²) >= 11 is 0. The van der Waals surface area contributed by atoms with Crippen molar-refractivity contribution in [1.29, 1.82) is 0 Å². The zero-order valence-electron chi connectivity index (χ0n) is 11.7. The Labute approximate surface area is 123 Å². The van der Waals surface area contributed by atoms with E-state index in [0.717, 1.165) is 0 Å². The molecule has 0 spiro atoms. The van der Waals surface area contributed by atoms with Crippen LogP contribution in [0.25, 0.3) is 0 Å². The maximum Gasteiger partial charge on any atom is 0.168 e. The van der Waals surface area contributed by atoms with Crippen LogP contribution < -0.4 is 4.74 Å². The number of methoxy groups -OCH3 is 1. The van der Waals surface area contributed by atoms with E-state index in [1.54, 1.807) is 6.07 Å². The van der Waals surface area contributed by atoms with Gasteiger partial charge in [-0.25, -0.2) is 12.8 Å². The van der Waals surface area contributed by atoms with Crippen LogP contribution in [0.15, 0.2) is 18.2 Å². The molecular formula is C15H17FO4S. The number of hydrogen-bond acceptors (Lipinski definition) is 4. The van der Waals surface area contributed by atoms with Gasteiger partial charge in [0.15, 0.2) is 15.6 Å². The van der Waals surface area contributed by atoms with E-state index < -0.39 is 32.1 Å². The maximum atomic E-state index is 14.0. The minimum atomic E-state index is -3.06. The molecule has 2 atom stereocenters. The minimum absolute atomic E-state index is 0.0273. The first-order valence-electron chi connectivity index (χ1n) is 7.04. The number of halogens is 1. The van der Waals surface area contributed by atoms with Crippen LogP contribution in [0.3, 0.4) is 0 Å². The molecule has 0 aromatic heterocycles. The fourth-order valence-corrected chi connectivity index (χ4v) is 5.94. The van der Waals surface area contributed by atoms with E-state index in [-0.39, 0.29) is 11.3 Å². The fraction of sp³-hybridized carbons (Fsp3) is 0.533. The summed E-state index contributed by atoms with van der Waals surface area (Å²) in [5.74, 6) is -0.939. The lowest BCUT2D eigenvalue weighted by molar-refractivity contribution is 0.0901. The standard InChI is InChI=1S/C15H17FO4S/c1-20-10-2-5-13(14(16)8-10)15(17)9-6-11-3-4-12(7-9)21(11,18)19/h2,5,8-9,11-12H,3-4,6-7H2,1H3. The first-order chi connectivity index (χ1) is 9.93. The summed E-state index contributed by atoms with van der Waals surface area (Å²) in [6.07, 6.45) is 1.90. The van der Waals surface area contributed by atoms with Crippen molar-refractivity contribution in [2.75, 3.05) is 7.11 Å². The van der Waals surface area contributed by atoms with Crippen LogP contribution in [0.5, 0.6) is 5.75 Å². The molecule has 0 saturated carbocycles. The van der Waals surface area contributed by atoms with Crippen LogP contribution in [0.4, 0.5) is 4.39 Å². The summed E-state index contributed by atoms with van der Waals surface area (Å²) in [6, 6.07) is 4.15. The largest absolute Gasteiger partial charge is 0.497 e. The third kappa shape index (κ3) is 2.35. The molecule has 21 heavy (non-hydrogen) atoms. The Morgan fingerprint density at radius 3 is 2.38 bits per heavy atom. The Bertz CT molecular complexity index is 663. The number of carbonyl (C=O) groups is 1. The smallest absolute Gasteiger partial charge is 0.168 e. The van der Waals surface area contributed by atoms with Crippen molar-refractivity contribution in [2.45, 2.75) is 36.2 Å². The molecule has 114 valence electrons. The van der Waals surface area contributed by atoms with Gasteiger partial charge in [-0.05, 0) is 37.8 Å². The van der Waals surface area contributed by atoms with Gasteiger partial charge in [-0.2, -0.15) is 0 Å². The first-order valence-corrected chi connectivity index (χ1v) is 8.65. The molecule has 2 aliphatic rings. The molecule has 3 rings (SSSR count). The van der Waals surface area contributed by atoms with Gasteiger partial charge in [0.05, 0.1) is 23.2 Å². The highest BCUT2D eigenvalue weighted by molar-refractivity contribution is 7.93. The third-order valence-corrected chi connectivity index (χ3v) is 7.36. The van der Waals surface area contributed by atoms with E-state index in [1.807, 2.05) is 0 Å². The lowest BCUT2D eigenvalue weighted by atomic mass is 9.90. The number of Topliss-reactive ketones (excluding diaryl/α,β-unsaturated/α-hetero) is 1. The first kappa shape index (κ1) is 14.5. The topological polar surface area (TPSA) is 60.4 Å². The van der Waals surface area contributed by atoms with Crippen molar-refractivity contribution in [3.63, 3.8) is 0 Å². The Hall–Kier alpha value is -1.43. The van der Waals surface area contributed by atoms with Crippen molar-refractivity contribution < 1.29 is 22.3 Å². The van der Waals surface area contributed by atoms with Gasteiger partial charge in [0, 0.05) is 12.0 Å². The van der Waals surface area contributed by atoms with Gasteiger partial charge < -0.3 is 4.74 Å². The van der Waals surface area contributed by atoms with E-state index in [0.29, 0.717) is 31.4 Å². The van der Waals surface area contributed by atoms with Gasteiger partial charge >= 0.3 is 0 Å². The van der Waals surface area contributed by atoms with E-state index >= 15 is 0 Å². The molecule has 2 heterocycles.